The van der Waals surface area contributed by atoms with Gasteiger partial charge in [-0.2, -0.15) is 0 Å². The molecule has 21 heavy (non-hydrogen) atoms. The van der Waals surface area contributed by atoms with E-state index in [0.717, 1.165) is 18.1 Å². The van der Waals surface area contributed by atoms with Crippen molar-refractivity contribution in [3.8, 4) is 0 Å². The van der Waals surface area contributed by atoms with Crippen molar-refractivity contribution in [1.29, 1.82) is 0 Å². The Hall–Kier alpha value is -1.24. The summed E-state index contributed by atoms with van der Waals surface area (Å²) in [5, 5.41) is 0. The summed E-state index contributed by atoms with van der Waals surface area (Å²) < 4.78 is 40.3. The molecule has 0 aliphatic rings. The van der Waals surface area contributed by atoms with Crippen LogP contribution in [0.15, 0.2) is 51.8 Å². The third-order valence-corrected chi connectivity index (χ3v) is 5.14. The van der Waals surface area contributed by atoms with Crippen LogP contribution >= 0.6 is 15.9 Å². The lowest BCUT2D eigenvalue weighted by Gasteiger charge is -2.08. The number of benzene rings is 2. The van der Waals surface area contributed by atoms with Crippen LogP contribution in [0.5, 0.6) is 0 Å². The summed E-state index contributed by atoms with van der Waals surface area (Å²) in [6.07, 6.45) is 0.935. The van der Waals surface area contributed by atoms with E-state index in [0.29, 0.717) is 0 Å². The molecule has 0 aromatic heterocycles. The number of hydrogen-bond acceptors (Lipinski definition) is 2. The van der Waals surface area contributed by atoms with Crippen molar-refractivity contribution in [2.75, 3.05) is 0 Å². The molecule has 0 saturated heterocycles. The molecule has 3 nitrogen and oxygen atoms in total. The van der Waals surface area contributed by atoms with Crippen LogP contribution in [0.1, 0.15) is 18.1 Å². The van der Waals surface area contributed by atoms with Gasteiger partial charge in [0.25, 0.3) is 0 Å². The second-order valence-electron chi connectivity index (χ2n) is 4.57. The predicted octanol–water partition coefficient (Wildman–Crippen LogP) is 3.63. The lowest BCUT2D eigenvalue weighted by atomic mass is 10.1. The number of halogens is 2. The van der Waals surface area contributed by atoms with Gasteiger partial charge in [0.1, 0.15) is 5.82 Å². The summed E-state index contributed by atoms with van der Waals surface area (Å²) in [5.74, 6) is -0.606. The fourth-order valence-electron chi connectivity index (χ4n) is 1.80. The van der Waals surface area contributed by atoms with Gasteiger partial charge in [-0.3, -0.25) is 0 Å². The highest BCUT2D eigenvalue weighted by atomic mass is 79.9. The van der Waals surface area contributed by atoms with Gasteiger partial charge in [0.05, 0.1) is 9.37 Å². The molecule has 2 aromatic rings. The van der Waals surface area contributed by atoms with Crippen molar-refractivity contribution in [2.45, 2.75) is 24.8 Å². The molecule has 0 atom stereocenters. The summed E-state index contributed by atoms with van der Waals surface area (Å²) in [5.41, 5.74) is 2.05. The number of nitrogens with one attached hydrogen (secondary N) is 1. The Bertz CT molecular complexity index is 730. The van der Waals surface area contributed by atoms with E-state index >= 15 is 0 Å². The highest BCUT2D eigenvalue weighted by Gasteiger charge is 2.15. The Labute approximate surface area is 132 Å². The number of aryl methyl sites for hydroxylation is 1. The molecule has 2 rings (SSSR count). The Balaban J connectivity index is 2.11. The zero-order valence-electron chi connectivity index (χ0n) is 11.4. The van der Waals surface area contributed by atoms with E-state index in [-0.39, 0.29) is 15.9 Å². The number of rotatable bonds is 5. The SMILES string of the molecule is CCc1ccc(CNS(=O)(=O)c2ccc(Br)c(F)c2)cc1. The van der Waals surface area contributed by atoms with Crippen LogP contribution in [0.4, 0.5) is 4.39 Å². The fourth-order valence-corrected chi connectivity index (χ4v) is 3.07. The first-order valence-corrected chi connectivity index (χ1v) is 8.72. The van der Waals surface area contributed by atoms with Crippen LogP contribution in [0.3, 0.4) is 0 Å². The lowest BCUT2D eigenvalue weighted by molar-refractivity contribution is 0.576. The van der Waals surface area contributed by atoms with Gasteiger partial charge in [-0.05, 0) is 51.7 Å². The molecule has 0 heterocycles. The molecular formula is C15H15BrFNO2S. The Morgan fingerprint density at radius 3 is 2.29 bits per heavy atom. The Morgan fingerprint density at radius 2 is 1.71 bits per heavy atom. The van der Waals surface area contributed by atoms with Crippen LogP contribution < -0.4 is 4.72 Å². The molecular weight excluding hydrogens is 357 g/mol. The molecule has 0 fully saturated rings. The molecule has 0 radical (unpaired) electrons. The average Bonchev–Trinajstić information content (AvgIpc) is 2.48. The Morgan fingerprint density at radius 1 is 1.10 bits per heavy atom. The van der Waals surface area contributed by atoms with Crippen LogP contribution in [-0.2, 0) is 23.0 Å². The quantitative estimate of drug-likeness (QED) is 0.871. The Kier molecular flexibility index (Phi) is 5.13. The van der Waals surface area contributed by atoms with E-state index in [1.54, 1.807) is 0 Å². The van der Waals surface area contributed by atoms with Crippen LogP contribution in [0.25, 0.3) is 0 Å². The van der Waals surface area contributed by atoms with E-state index in [2.05, 4.69) is 27.6 Å². The third kappa shape index (κ3) is 4.12. The zero-order chi connectivity index (χ0) is 15.5. The van der Waals surface area contributed by atoms with E-state index in [1.807, 2.05) is 24.3 Å². The smallest absolute Gasteiger partial charge is 0.207 e. The summed E-state index contributed by atoms with van der Waals surface area (Å²) in [6, 6.07) is 11.4. The van der Waals surface area contributed by atoms with Crippen molar-refractivity contribution in [3.63, 3.8) is 0 Å². The molecule has 0 saturated carbocycles. The van der Waals surface area contributed by atoms with Crippen molar-refractivity contribution >= 4 is 26.0 Å². The maximum absolute atomic E-state index is 13.4. The van der Waals surface area contributed by atoms with Gasteiger partial charge >= 0.3 is 0 Å². The summed E-state index contributed by atoms with van der Waals surface area (Å²) >= 11 is 3.00. The maximum Gasteiger partial charge on any atom is 0.240 e. The molecule has 2 aromatic carbocycles. The van der Waals surface area contributed by atoms with E-state index in [1.165, 1.54) is 17.7 Å². The van der Waals surface area contributed by atoms with Crippen LogP contribution in [-0.4, -0.2) is 8.42 Å². The van der Waals surface area contributed by atoms with Gasteiger partial charge in [0.15, 0.2) is 0 Å². The summed E-state index contributed by atoms with van der Waals surface area (Å²) in [4.78, 5) is -0.0895. The molecule has 0 aliphatic carbocycles. The molecule has 0 amide bonds. The van der Waals surface area contributed by atoms with E-state index in [4.69, 9.17) is 0 Å². The highest BCUT2D eigenvalue weighted by Crippen LogP contribution is 2.19. The zero-order valence-corrected chi connectivity index (χ0v) is 13.8. The molecule has 0 unspecified atom stereocenters. The first kappa shape index (κ1) is 16.1. The summed E-state index contributed by atoms with van der Waals surface area (Å²) in [7, 11) is -3.72. The standard InChI is InChI=1S/C15H15BrFNO2S/c1-2-11-3-5-12(6-4-11)10-18-21(19,20)13-7-8-14(16)15(17)9-13/h3-9,18H,2,10H2,1H3. The normalized spacial score (nSPS) is 11.6. The fraction of sp³-hybridized carbons (Fsp3) is 0.200. The predicted molar refractivity (Wildman–Crippen MR) is 83.9 cm³/mol. The van der Waals surface area contributed by atoms with E-state index in [9.17, 15) is 12.8 Å². The molecule has 0 bridgehead atoms. The van der Waals surface area contributed by atoms with Crippen molar-refractivity contribution < 1.29 is 12.8 Å². The summed E-state index contributed by atoms with van der Waals surface area (Å²) in [6.45, 7) is 2.23. The van der Waals surface area contributed by atoms with Crippen molar-refractivity contribution in [2.24, 2.45) is 0 Å². The van der Waals surface area contributed by atoms with Crippen LogP contribution in [0, 0.1) is 5.82 Å². The molecule has 112 valence electrons. The van der Waals surface area contributed by atoms with Gasteiger partial charge in [-0.1, -0.05) is 31.2 Å². The largest absolute Gasteiger partial charge is 0.240 e. The second-order valence-corrected chi connectivity index (χ2v) is 7.19. The molecule has 0 spiro atoms. The minimum Gasteiger partial charge on any atom is -0.207 e. The number of sulfonamides is 1. The lowest BCUT2D eigenvalue weighted by Crippen LogP contribution is -2.23. The first-order chi connectivity index (χ1) is 9.92. The first-order valence-electron chi connectivity index (χ1n) is 6.45. The van der Waals surface area contributed by atoms with Gasteiger partial charge in [-0.15, -0.1) is 0 Å². The minimum absolute atomic E-state index is 0.0895. The van der Waals surface area contributed by atoms with Gasteiger partial charge < -0.3 is 0 Å². The monoisotopic (exact) mass is 371 g/mol. The van der Waals surface area contributed by atoms with Gasteiger partial charge in [0, 0.05) is 6.54 Å². The molecule has 6 heteroatoms. The van der Waals surface area contributed by atoms with Crippen molar-refractivity contribution in [1.82, 2.24) is 4.72 Å². The third-order valence-electron chi connectivity index (χ3n) is 3.10. The maximum atomic E-state index is 13.4. The topological polar surface area (TPSA) is 46.2 Å². The molecule has 1 N–H and O–H groups in total. The highest BCUT2D eigenvalue weighted by molar-refractivity contribution is 9.10. The molecule has 0 aliphatic heterocycles. The second kappa shape index (κ2) is 6.68. The number of hydrogen-bond donors (Lipinski definition) is 1. The van der Waals surface area contributed by atoms with Gasteiger partial charge in [-0.25, -0.2) is 17.5 Å². The van der Waals surface area contributed by atoms with E-state index < -0.39 is 15.8 Å². The van der Waals surface area contributed by atoms with Gasteiger partial charge in [0.2, 0.25) is 10.0 Å². The van der Waals surface area contributed by atoms with Crippen LogP contribution in [0.2, 0.25) is 0 Å². The van der Waals surface area contributed by atoms with Crippen molar-refractivity contribution in [3.05, 3.63) is 63.9 Å². The average molecular weight is 372 g/mol. The minimum atomic E-state index is -3.72.